The number of aliphatic hydroxyl groups excluding tert-OH is 1. The molecule has 0 spiro atoms. The number of halogens is 3. The zero-order valence-corrected chi connectivity index (χ0v) is 11.5. The molecule has 0 unspecified atom stereocenters. The largest absolute Gasteiger partial charge is 0.417 e. The molecule has 1 N–H and O–H groups in total. The molecule has 0 bridgehead atoms. The van der Waals surface area contributed by atoms with E-state index in [0.29, 0.717) is 5.56 Å². The van der Waals surface area contributed by atoms with Crippen molar-refractivity contribution in [2.75, 3.05) is 0 Å². The lowest BCUT2D eigenvalue weighted by molar-refractivity contribution is -0.137. The van der Waals surface area contributed by atoms with E-state index in [1.807, 2.05) is 19.6 Å². The molecule has 0 aliphatic heterocycles. The topological polar surface area (TPSA) is 20.2 Å². The predicted molar refractivity (Wildman–Crippen MR) is 67.6 cm³/mol. The lowest BCUT2D eigenvalue weighted by Crippen LogP contribution is -2.16. The lowest BCUT2D eigenvalue weighted by Gasteiger charge is -2.11. The van der Waals surface area contributed by atoms with E-state index < -0.39 is 19.8 Å². The highest BCUT2D eigenvalue weighted by atomic mass is 28.3. The third-order valence-corrected chi connectivity index (χ3v) is 3.02. The molecule has 18 heavy (non-hydrogen) atoms. The van der Waals surface area contributed by atoms with Gasteiger partial charge < -0.3 is 5.11 Å². The summed E-state index contributed by atoms with van der Waals surface area (Å²) in [5.41, 5.74) is 2.54. The van der Waals surface area contributed by atoms with E-state index in [4.69, 9.17) is 5.11 Å². The van der Waals surface area contributed by atoms with Crippen LogP contribution >= 0.6 is 0 Å². The van der Waals surface area contributed by atoms with Gasteiger partial charge in [-0.05, 0) is 17.7 Å². The van der Waals surface area contributed by atoms with E-state index in [-0.39, 0.29) is 12.2 Å². The van der Waals surface area contributed by atoms with Crippen LogP contribution in [-0.4, -0.2) is 13.2 Å². The van der Waals surface area contributed by atoms with Gasteiger partial charge in [-0.25, -0.2) is 0 Å². The fourth-order valence-corrected chi connectivity index (χ4v) is 1.80. The first-order valence-electron chi connectivity index (χ1n) is 5.47. The smallest absolute Gasteiger partial charge is 0.392 e. The van der Waals surface area contributed by atoms with Crippen molar-refractivity contribution in [3.63, 3.8) is 0 Å². The van der Waals surface area contributed by atoms with Gasteiger partial charge in [-0.2, -0.15) is 13.2 Å². The highest BCUT2D eigenvalue weighted by molar-refractivity contribution is 6.83. The van der Waals surface area contributed by atoms with Crippen LogP contribution < -0.4 is 0 Å². The molecule has 0 saturated heterocycles. The van der Waals surface area contributed by atoms with Crippen molar-refractivity contribution in [1.29, 1.82) is 0 Å². The summed E-state index contributed by atoms with van der Waals surface area (Å²) >= 11 is 0. The molecular weight excluding hydrogens is 257 g/mol. The predicted octanol–water partition coefficient (Wildman–Crippen LogP) is 3.43. The van der Waals surface area contributed by atoms with Gasteiger partial charge in [0, 0.05) is 5.56 Å². The highest BCUT2D eigenvalue weighted by Crippen LogP contribution is 2.32. The highest BCUT2D eigenvalue weighted by Gasteiger charge is 2.33. The molecule has 0 radical (unpaired) electrons. The summed E-state index contributed by atoms with van der Waals surface area (Å²) in [5.74, 6) is 2.62. The SMILES string of the molecule is C[Si](C)(C)C#Cc1cc(CO)ccc1C(F)(F)F. The number of aliphatic hydroxyl groups is 1. The first-order chi connectivity index (χ1) is 8.13. The van der Waals surface area contributed by atoms with Crippen LogP contribution in [-0.2, 0) is 12.8 Å². The standard InChI is InChI=1S/C13H15F3OSi/c1-18(2,3)7-6-11-8-10(9-17)4-5-12(11)13(14,15)16/h4-5,8,17H,9H2,1-3H3. The van der Waals surface area contributed by atoms with Crippen molar-refractivity contribution in [2.24, 2.45) is 0 Å². The molecule has 0 saturated carbocycles. The fraction of sp³-hybridized carbons (Fsp3) is 0.385. The minimum absolute atomic E-state index is 0.0588. The zero-order chi connectivity index (χ0) is 14.0. The Labute approximate surface area is 106 Å². The first-order valence-corrected chi connectivity index (χ1v) is 8.97. The molecule has 98 valence electrons. The molecular formula is C13H15F3OSi. The second-order valence-corrected chi connectivity index (χ2v) is 9.79. The van der Waals surface area contributed by atoms with Crippen molar-refractivity contribution in [1.82, 2.24) is 0 Å². The van der Waals surface area contributed by atoms with Crippen LogP contribution in [0.15, 0.2) is 18.2 Å². The van der Waals surface area contributed by atoms with Crippen molar-refractivity contribution in [3.05, 3.63) is 34.9 Å². The van der Waals surface area contributed by atoms with Crippen LogP contribution in [0.2, 0.25) is 19.6 Å². The van der Waals surface area contributed by atoms with Crippen LogP contribution in [0.4, 0.5) is 13.2 Å². The van der Waals surface area contributed by atoms with Crippen LogP contribution in [0.3, 0.4) is 0 Å². The summed E-state index contributed by atoms with van der Waals surface area (Å²) in [4.78, 5) is 0. The second-order valence-electron chi connectivity index (χ2n) is 5.04. The maximum atomic E-state index is 12.8. The van der Waals surface area contributed by atoms with Crippen molar-refractivity contribution < 1.29 is 18.3 Å². The van der Waals surface area contributed by atoms with Gasteiger partial charge >= 0.3 is 6.18 Å². The molecule has 0 fully saturated rings. The van der Waals surface area contributed by atoms with Gasteiger partial charge in [0.2, 0.25) is 0 Å². The summed E-state index contributed by atoms with van der Waals surface area (Å²) in [6.45, 7) is 5.59. The molecule has 0 aromatic heterocycles. The van der Waals surface area contributed by atoms with Gasteiger partial charge in [-0.1, -0.05) is 31.6 Å². The zero-order valence-electron chi connectivity index (χ0n) is 10.5. The van der Waals surface area contributed by atoms with Crippen molar-refractivity contribution >= 4 is 8.07 Å². The number of rotatable bonds is 1. The van der Waals surface area contributed by atoms with Gasteiger partial charge in [0.15, 0.2) is 0 Å². The normalized spacial score (nSPS) is 11.9. The minimum atomic E-state index is -4.42. The maximum Gasteiger partial charge on any atom is 0.417 e. The molecule has 1 aromatic carbocycles. The summed E-state index contributed by atoms with van der Waals surface area (Å²) in [7, 11) is -1.74. The van der Waals surface area contributed by atoms with E-state index in [2.05, 4.69) is 11.5 Å². The molecule has 1 rings (SSSR count). The Morgan fingerprint density at radius 2 is 1.83 bits per heavy atom. The van der Waals surface area contributed by atoms with Crippen LogP contribution in [0.1, 0.15) is 16.7 Å². The average Bonchev–Trinajstić information content (AvgIpc) is 2.23. The van der Waals surface area contributed by atoms with Gasteiger partial charge in [-0.15, -0.1) is 5.54 Å². The van der Waals surface area contributed by atoms with Gasteiger partial charge in [-0.3, -0.25) is 0 Å². The molecule has 0 aliphatic rings. The summed E-state index contributed by atoms with van der Waals surface area (Å²) in [5, 5.41) is 8.96. The third kappa shape index (κ3) is 4.20. The molecule has 0 heterocycles. The summed E-state index contributed by atoms with van der Waals surface area (Å²) in [6, 6.07) is 3.54. The van der Waals surface area contributed by atoms with E-state index in [9.17, 15) is 13.2 Å². The summed E-state index contributed by atoms with van der Waals surface area (Å²) < 4.78 is 38.4. The maximum absolute atomic E-state index is 12.8. The minimum Gasteiger partial charge on any atom is -0.392 e. The van der Waals surface area contributed by atoms with Crippen LogP contribution in [0, 0.1) is 11.5 Å². The van der Waals surface area contributed by atoms with Crippen molar-refractivity contribution in [2.45, 2.75) is 32.4 Å². The average molecular weight is 272 g/mol. The number of alkyl halides is 3. The Morgan fingerprint density at radius 3 is 2.28 bits per heavy atom. The molecule has 0 atom stereocenters. The van der Waals surface area contributed by atoms with E-state index >= 15 is 0 Å². The first kappa shape index (κ1) is 14.8. The molecule has 0 aliphatic carbocycles. The van der Waals surface area contributed by atoms with Gasteiger partial charge in [0.25, 0.3) is 0 Å². The van der Waals surface area contributed by atoms with Crippen molar-refractivity contribution in [3.8, 4) is 11.5 Å². The number of benzene rings is 1. The Kier molecular flexibility index (Phi) is 4.25. The lowest BCUT2D eigenvalue weighted by atomic mass is 10.0. The van der Waals surface area contributed by atoms with E-state index in [1.165, 1.54) is 12.1 Å². The second kappa shape index (κ2) is 5.17. The summed E-state index contributed by atoms with van der Waals surface area (Å²) in [6.07, 6.45) is -4.42. The molecule has 0 amide bonds. The molecule has 1 aromatic rings. The third-order valence-electron chi connectivity index (χ3n) is 2.14. The quantitative estimate of drug-likeness (QED) is 0.613. The van der Waals surface area contributed by atoms with Crippen LogP contribution in [0.5, 0.6) is 0 Å². The Bertz CT molecular complexity index is 490. The van der Waals surface area contributed by atoms with E-state index in [0.717, 1.165) is 6.07 Å². The van der Waals surface area contributed by atoms with Crippen LogP contribution in [0.25, 0.3) is 0 Å². The van der Waals surface area contributed by atoms with E-state index in [1.54, 1.807) is 0 Å². The Morgan fingerprint density at radius 1 is 1.22 bits per heavy atom. The monoisotopic (exact) mass is 272 g/mol. The number of hydrogen-bond acceptors (Lipinski definition) is 1. The molecule has 1 nitrogen and oxygen atoms in total. The van der Waals surface area contributed by atoms with Gasteiger partial charge in [0.1, 0.15) is 8.07 Å². The Balaban J connectivity index is 3.32. The fourth-order valence-electron chi connectivity index (χ4n) is 1.30. The number of hydrogen-bond donors (Lipinski definition) is 1. The molecule has 5 heteroatoms. The van der Waals surface area contributed by atoms with Gasteiger partial charge in [0.05, 0.1) is 12.2 Å². The Hall–Kier alpha value is -1.25.